The summed E-state index contributed by atoms with van der Waals surface area (Å²) in [6.45, 7) is 2.05. The summed E-state index contributed by atoms with van der Waals surface area (Å²) < 4.78 is 5.32. The van der Waals surface area contributed by atoms with Gasteiger partial charge in [-0.2, -0.15) is 0 Å². The van der Waals surface area contributed by atoms with Crippen molar-refractivity contribution in [1.82, 2.24) is 14.3 Å². The minimum absolute atomic E-state index is 0.614. The molecule has 0 amide bonds. The Balaban J connectivity index is 1.83. The van der Waals surface area contributed by atoms with Crippen molar-refractivity contribution < 1.29 is 0 Å². The van der Waals surface area contributed by atoms with E-state index in [1.54, 1.807) is 6.20 Å². The monoisotopic (exact) mass is 372 g/mol. The number of fused-ring (bicyclic) bond motifs is 3. The van der Waals surface area contributed by atoms with Crippen molar-refractivity contribution in [2.45, 2.75) is 6.92 Å². The SMILES string of the molecule is Cc1ccnc2c1Nc1cc3c(NSN(C)C)ccc(Cl)c3nc1N2. The summed E-state index contributed by atoms with van der Waals surface area (Å²) in [6.07, 6.45) is 1.78. The summed E-state index contributed by atoms with van der Waals surface area (Å²) >= 11 is 7.89. The minimum atomic E-state index is 0.614. The Morgan fingerprint density at radius 1 is 1.16 bits per heavy atom. The van der Waals surface area contributed by atoms with E-state index in [0.29, 0.717) is 5.02 Å². The second-order valence-electron chi connectivity index (χ2n) is 5.98. The quantitative estimate of drug-likeness (QED) is 0.440. The topological polar surface area (TPSA) is 65.1 Å². The Hall–Kier alpha value is -2.22. The molecule has 3 heterocycles. The highest BCUT2D eigenvalue weighted by Gasteiger charge is 2.20. The van der Waals surface area contributed by atoms with E-state index >= 15 is 0 Å². The molecule has 6 nitrogen and oxygen atoms in total. The van der Waals surface area contributed by atoms with Crippen molar-refractivity contribution in [3.05, 3.63) is 41.0 Å². The summed E-state index contributed by atoms with van der Waals surface area (Å²) in [6, 6.07) is 7.86. The van der Waals surface area contributed by atoms with Crippen LogP contribution in [0, 0.1) is 6.92 Å². The predicted molar refractivity (Wildman–Crippen MR) is 107 cm³/mol. The first-order valence-electron chi connectivity index (χ1n) is 7.76. The number of hydrogen-bond donors (Lipinski definition) is 3. The first-order valence-corrected chi connectivity index (χ1v) is 8.91. The average Bonchev–Trinajstić information content (AvgIpc) is 2.59. The molecule has 0 unspecified atom stereocenters. The molecule has 0 fully saturated rings. The maximum Gasteiger partial charge on any atom is 0.156 e. The molecule has 0 aliphatic carbocycles. The van der Waals surface area contributed by atoms with Gasteiger partial charge < -0.3 is 15.4 Å². The Morgan fingerprint density at radius 3 is 2.80 bits per heavy atom. The van der Waals surface area contributed by atoms with Gasteiger partial charge in [-0.1, -0.05) is 11.6 Å². The fourth-order valence-corrected chi connectivity index (χ4v) is 3.37. The normalized spacial score (nSPS) is 12.4. The van der Waals surface area contributed by atoms with Crippen LogP contribution in [0.1, 0.15) is 5.56 Å². The minimum Gasteiger partial charge on any atom is -0.349 e. The number of benzene rings is 1. The van der Waals surface area contributed by atoms with E-state index in [1.807, 2.05) is 43.5 Å². The van der Waals surface area contributed by atoms with Crippen LogP contribution in [-0.2, 0) is 0 Å². The van der Waals surface area contributed by atoms with Crippen LogP contribution in [-0.4, -0.2) is 28.4 Å². The molecule has 0 saturated heterocycles. The zero-order valence-electron chi connectivity index (χ0n) is 14.0. The van der Waals surface area contributed by atoms with Crippen molar-refractivity contribution >= 4 is 63.3 Å². The predicted octanol–water partition coefficient (Wildman–Crippen LogP) is 4.93. The summed E-state index contributed by atoms with van der Waals surface area (Å²) in [4.78, 5) is 9.10. The van der Waals surface area contributed by atoms with Gasteiger partial charge in [-0.15, -0.1) is 0 Å². The Labute approximate surface area is 155 Å². The molecule has 8 heteroatoms. The standard InChI is InChI=1S/C17H17ClN6S/c1-9-6-7-19-17-14(9)20-13-8-10-12(23-25-24(2)3)5-4-11(18)15(10)21-16(13)22-17/h4-8,20,23H,1-3H3,(H,19,21,22). The largest absolute Gasteiger partial charge is 0.349 e. The number of aromatic nitrogens is 2. The number of anilines is 5. The van der Waals surface area contributed by atoms with Crippen LogP contribution >= 0.6 is 23.7 Å². The number of halogens is 1. The average molecular weight is 373 g/mol. The summed E-state index contributed by atoms with van der Waals surface area (Å²) in [5, 5.41) is 8.30. The van der Waals surface area contributed by atoms with Crippen molar-refractivity contribution in [1.29, 1.82) is 0 Å². The number of aryl methyl sites for hydroxylation is 1. The molecule has 0 saturated carbocycles. The molecule has 0 spiro atoms. The van der Waals surface area contributed by atoms with Crippen molar-refractivity contribution in [3.8, 4) is 0 Å². The van der Waals surface area contributed by atoms with Gasteiger partial charge in [-0.3, -0.25) is 0 Å². The third-order valence-electron chi connectivity index (χ3n) is 3.93. The van der Waals surface area contributed by atoms with Gasteiger partial charge in [0.1, 0.15) is 0 Å². The molecule has 3 N–H and O–H groups in total. The Kier molecular flexibility index (Phi) is 4.07. The van der Waals surface area contributed by atoms with Gasteiger partial charge in [0.2, 0.25) is 0 Å². The Bertz CT molecular complexity index is 975. The maximum atomic E-state index is 6.39. The van der Waals surface area contributed by atoms with Crippen LogP contribution in [0.4, 0.5) is 28.7 Å². The van der Waals surface area contributed by atoms with E-state index in [4.69, 9.17) is 16.6 Å². The number of pyridine rings is 2. The molecule has 0 radical (unpaired) electrons. The van der Waals surface area contributed by atoms with E-state index in [2.05, 4.69) is 26.4 Å². The second kappa shape index (κ2) is 6.25. The molecule has 1 aliphatic rings. The Morgan fingerprint density at radius 2 is 2.00 bits per heavy atom. The maximum absolute atomic E-state index is 6.39. The van der Waals surface area contributed by atoms with E-state index in [0.717, 1.165) is 45.2 Å². The third-order valence-corrected chi connectivity index (χ3v) is 4.91. The van der Waals surface area contributed by atoms with E-state index in [9.17, 15) is 0 Å². The van der Waals surface area contributed by atoms with Crippen molar-refractivity contribution in [2.75, 3.05) is 29.5 Å². The molecule has 2 aromatic heterocycles. The second-order valence-corrected chi connectivity index (χ2v) is 7.51. The number of rotatable bonds is 3. The molecule has 0 bridgehead atoms. The number of hydrogen-bond acceptors (Lipinski definition) is 7. The van der Waals surface area contributed by atoms with Gasteiger partial charge in [0.25, 0.3) is 0 Å². The van der Waals surface area contributed by atoms with E-state index in [1.165, 1.54) is 12.1 Å². The van der Waals surface area contributed by atoms with Crippen LogP contribution in [0.3, 0.4) is 0 Å². The van der Waals surface area contributed by atoms with Gasteiger partial charge in [-0.25, -0.2) is 14.3 Å². The molecule has 1 aliphatic heterocycles. The first kappa shape index (κ1) is 16.3. The lowest BCUT2D eigenvalue weighted by atomic mass is 10.1. The fraction of sp³-hybridized carbons (Fsp3) is 0.176. The zero-order chi connectivity index (χ0) is 17.6. The smallest absolute Gasteiger partial charge is 0.156 e. The molecule has 128 valence electrons. The lowest BCUT2D eigenvalue weighted by Gasteiger charge is -2.23. The first-order chi connectivity index (χ1) is 12.0. The van der Waals surface area contributed by atoms with Crippen LogP contribution in [0.2, 0.25) is 5.02 Å². The van der Waals surface area contributed by atoms with E-state index in [-0.39, 0.29) is 0 Å². The molecule has 0 atom stereocenters. The van der Waals surface area contributed by atoms with Gasteiger partial charge >= 0.3 is 0 Å². The van der Waals surface area contributed by atoms with Crippen LogP contribution in [0.25, 0.3) is 10.9 Å². The molecular formula is C17H17ClN6S. The lowest BCUT2D eigenvalue weighted by molar-refractivity contribution is 0.706. The third kappa shape index (κ3) is 2.95. The van der Waals surface area contributed by atoms with Crippen molar-refractivity contribution in [3.63, 3.8) is 0 Å². The highest BCUT2D eigenvalue weighted by molar-refractivity contribution is 7.98. The molecular weight excluding hydrogens is 356 g/mol. The van der Waals surface area contributed by atoms with Gasteiger partial charge in [0, 0.05) is 23.7 Å². The molecule has 3 aromatic rings. The summed E-state index contributed by atoms with van der Waals surface area (Å²) in [5.41, 5.74) is 4.70. The summed E-state index contributed by atoms with van der Waals surface area (Å²) in [7, 11) is 3.96. The van der Waals surface area contributed by atoms with Crippen LogP contribution in [0.15, 0.2) is 30.5 Å². The van der Waals surface area contributed by atoms with E-state index < -0.39 is 0 Å². The van der Waals surface area contributed by atoms with Crippen molar-refractivity contribution in [2.24, 2.45) is 0 Å². The highest BCUT2D eigenvalue weighted by atomic mass is 35.5. The zero-order valence-corrected chi connectivity index (χ0v) is 15.6. The number of nitrogens with zero attached hydrogens (tertiary/aromatic N) is 3. The van der Waals surface area contributed by atoms with Gasteiger partial charge in [0.05, 0.1) is 27.6 Å². The highest BCUT2D eigenvalue weighted by Crippen LogP contribution is 2.41. The van der Waals surface area contributed by atoms with Crippen LogP contribution in [0.5, 0.6) is 0 Å². The van der Waals surface area contributed by atoms with Gasteiger partial charge in [-0.05, 0) is 50.8 Å². The molecule has 1 aromatic carbocycles. The lowest BCUT2D eigenvalue weighted by Crippen LogP contribution is -2.11. The fourth-order valence-electron chi connectivity index (χ4n) is 2.70. The van der Waals surface area contributed by atoms with Gasteiger partial charge in [0.15, 0.2) is 11.6 Å². The molecule has 4 rings (SSSR count). The van der Waals surface area contributed by atoms with Crippen LogP contribution < -0.4 is 15.4 Å². The summed E-state index contributed by atoms with van der Waals surface area (Å²) in [5.74, 6) is 1.49. The molecule has 25 heavy (non-hydrogen) atoms. The number of nitrogens with one attached hydrogen (secondary N) is 3.